The van der Waals surface area contributed by atoms with Gasteiger partial charge in [-0.05, 0) is 12.5 Å². The summed E-state index contributed by atoms with van der Waals surface area (Å²) in [6, 6.07) is 0. The van der Waals surface area contributed by atoms with Crippen LogP contribution in [0.5, 0.6) is 0 Å². The van der Waals surface area contributed by atoms with Crippen LogP contribution in [0.25, 0.3) is 5.57 Å². The molecule has 0 unspecified atom stereocenters. The van der Waals surface area contributed by atoms with E-state index in [1.165, 1.54) is 0 Å². The molecule has 0 atom stereocenters. The lowest BCUT2D eigenvalue weighted by Crippen LogP contribution is -1.68. The highest BCUT2D eigenvalue weighted by Gasteiger charge is 1.93. The molecule has 0 aromatic carbocycles. The van der Waals surface area contributed by atoms with Crippen molar-refractivity contribution in [3.8, 4) is 0 Å². The van der Waals surface area contributed by atoms with E-state index in [-0.39, 0.29) is 0 Å². The summed E-state index contributed by atoms with van der Waals surface area (Å²) in [5, 5.41) is 0. The molecule has 0 bridgehead atoms. The van der Waals surface area contributed by atoms with Crippen LogP contribution in [0.3, 0.4) is 0 Å². The molecule has 0 spiro atoms. The van der Waals surface area contributed by atoms with E-state index >= 15 is 0 Å². The van der Waals surface area contributed by atoms with Crippen molar-refractivity contribution < 1.29 is 0 Å². The van der Waals surface area contributed by atoms with E-state index < -0.39 is 0 Å². The number of aromatic nitrogens is 1. The minimum atomic E-state index is 1.03. The van der Waals surface area contributed by atoms with Crippen LogP contribution < -0.4 is 0 Å². The van der Waals surface area contributed by atoms with Crippen LogP contribution in [0, 0.1) is 0 Å². The first kappa shape index (κ1) is 7.22. The summed E-state index contributed by atoms with van der Waals surface area (Å²) in [5.74, 6) is 0. The number of nitrogens with zero attached hydrogens (tertiary/aromatic N) is 1. The van der Waals surface area contributed by atoms with Crippen molar-refractivity contribution in [1.29, 1.82) is 0 Å². The molecule has 0 radical (unpaired) electrons. The Bertz CT molecular complexity index is 234. The molecular formula is C8H9NS. The van der Waals surface area contributed by atoms with E-state index in [9.17, 15) is 0 Å². The summed E-state index contributed by atoms with van der Waals surface area (Å²) >= 11 is 1.61. The molecule has 0 saturated carbocycles. The fourth-order valence-electron chi connectivity index (χ4n) is 0.658. The second-order valence-electron chi connectivity index (χ2n) is 1.89. The Balaban J connectivity index is 2.78. The lowest BCUT2D eigenvalue weighted by atomic mass is 10.2. The topological polar surface area (TPSA) is 12.9 Å². The number of allylic oxidation sites excluding steroid dienone is 3. The molecular weight excluding hydrogens is 142 g/mol. The van der Waals surface area contributed by atoms with Gasteiger partial charge in [-0.1, -0.05) is 18.7 Å². The average molecular weight is 151 g/mol. The third-order valence-corrected chi connectivity index (χ3v) is 1.97. The number of hydrogen-bond acceptors (Lipinski definition) is 2. The zero-order chi connectivity index (χ0) is 7.40. The Morgan fingerprint density at radius 1 is 1.80 bits per heavy atom. The summed E-state index contributed by atoms with van der Waals surface area (Å²) in [4.78, 5) is 5.09. The largest absolute Gasteiger partial charge is 0.252 e. The van der Waals surface area contributed by atoms with Gasteiger partial charge in [0.05, 0.1) is 10.4 Å². The van der Waals surface area contributed by atoms with Gasteiger partial charge in [-0.3, -0.25) is 4.98 Å². The Morgan fingerprint density at radius 3 is 3.10 bits per heavy atom. The molecule has 1 rings (SSSR count). The maximum Gasteiger partial charge on any atom is 0.0797 e. The zero-order valence-corrected chi connectivity index (χ0v) is 6.69. The summed E-state index contributed by atoms with van der Waals surface area (Å²) in [6.45, 7) is 5.85. The van der Waals surface area contributed by atoms with Gasteiger partial charge < -0.3 is 0 Å². The van der Waals surface area contributed by atoms with Crippen molar-refractivity contribution in [3.63, 3.8) is 0 Å². The molecule has 0 N–H and O–H groups in total. The minimum absolute atomic E-state index is 1.03. The van der Waals surface area contributed by atoms with Gasteiger partial charge in [0.25, 0.3) is 0 Å². The molecule has 0 amide bonds. The van der Waals surface area contributed by atoms with Gasteiger partial charge in [0.2, 0.25) is 0 Å². The van der Waals surface area contributed by atoms with Crippen LogP contribution >= 0.6 is 11.3 Å². The first-order valence-electron chi connectivity index (χ1n) is 3.05. The third-order valence-electron chi connectivity index (χ3n) is 1.12. The Morgan fingerprint density at radius 2 is 2.60 bits per heavy atom. The molecule has 0 aliphatic heterocycles. The third kappa shape index (κ3) is 1.54. The fourth-order valence-corrected chi connectivity index (χ4v) is 1.23. The second kappa shape index (κ2) is 3.32. The van der Waals surface area contributed by atoms with E-state index in [0.717, 1.165) is 10.5 Å². The van der Waals surface area contributed by atoms with Crippen LogP contribution in [0.15, 0.2) is 30.4 Å². The van der Waals surface area contributed by atoms with E-state index in [4.69, 9.17) is 0 Å². The molecule has 0 saturated heterocycles. The van der Waals surface area contributed by atoms with Crippen molar-refractivity contribution in [2.45, 2.75) is 6.92 Å². The number of hydrogen-bond donors (Lipinski definition) is 0. The predicted octanol–water partition coefficient (Wildman–Crippen LogP) is 2.73. The van der Waals surface area contributed by atoms with Crippen LogP contribution in [0.2, 0.25) is 0 Å². The highest BCUT2D eigenvalue weighted by molar-refractivity contribution is 7.10. The maximum atomic E-state index is 3.95. The first-order valence-corrected chi connectivity index (χ1v) is 3.93. The standard InChI is InChI=1S/C8H9NS/c1-3-4-7(2)8-5-9-6-10-8/h3-6H,2H2,1H3/b4-3-. The van der Waals surface area contributed by atoms with Crippen molar-refractivity contribution >= 4 is 16.9 Å². The van der Waals surface area contributed by atoms with Gasteiger partial charge in [-0.2, -0.15) is 0 Å². The molecule has 1 heterocycles. The SMILES string of the molecule is C=C(/C=C\C)c1cncs1. The molecule has 1 aromatic heterocycles. The Labute approximate surface area is 64.7 Å². The molecule has 1 aromatic rings. The lowest BCUT2D eigenvalue weighted by molar-refractivity contribution is 1.42. The molecule has 0 aliphatic carbocycles. The highest BCUT2D eigenvalue weighted by Crippen LogP contribution is 2.16. The highest BCUT2D eigenvalue weighted by atomic mass is 32.1. The second-order valence-corrected chi connectivity index (χ2v) is 2.78. The van der Waals surface area contributed by atoms with Gasteiger partial charge >= 0.3 is 0 Å². The summed E-state index contributed by atoms with van der Waals surface area (Å²) < 4.78 is 0. The quantitative estimate of drug-likeness (QED) is 0.592. The molecule has 1 nitrogen and oxygen atoms in total. The Kier molecular flexibility index (Phi) is 2.40. The van der Waals surface area contributed by atoms with Crippen molar-refractivity contribution in [3.05, 3.63) is 35.3 Å². The fraction of sp³-hybridized carbons (Fsp3) is 0.125. The van der Waals surface area contributed by atoms with E-state index in [0.29, 0.717) is 0 Å². The van der Waals surface area contributed by atoms with Crippen LogP contribution in [-0.4, -0.2) is 4.98 Å². The van der Waals surface area contributed by atoms with Crippen molar-refractivity contribution in [2.24, 2.45) is 0 Å². The van der Waals surface area contributed by atoms with E-state index in [1.807, 2.05) is 30.8 Å². The zero-order valence-electron chi connectivity index (χ0n) is 5.87. The lowest BCUT2D eigenvalue weighted by Gasteiger charge is -1.89. The van der Waals surface area contributed by atoms with Gasteiger partial charge in [0, 0.05) is 6.20 Å². The molecule has 2 heteroatoms. The van der Waals surface area contributed by atoms with Crippen molar-refractivity contribution in [1.82, 2.24) is 4.98 Å². The summed E-state index contributed by atoms with van der Waals surface area (Å²) in [7, 11) is 0. The number of rotatable bonds is 2. The van der Waals surface area contributed by atoms with Crippen LogP contribution in [0.4, 0.5) is 0 Å². The van der Waals surface area contributed by atoms with Crippen molar-refractivity contribution in [2.75, 3.05) is 0 Å². The van der Waals surface area contributed by atoms with Gasteiger partial charge in [-0.15, -0.1) is 11.3 Å². The molecule has 52 valence electrons. The summed E-state index contributed by atoms with van der Waals surface area (Å²) in [6.07, 6.45) is 5.78. The molecule has 0 fully saturated rings. The normalized spacial score (nSPS) is 10.5. The van der Waals surface area contributed by atoms with Gasteiger partial charge in [0.1, 0.15) is 0 Å². The monoisotopic (exact) mass is 151 g/mol. The Hall–Kier alpha value is -0.890. The van der Waals surface area contributed by atoms with Gasteiger partial charge in [-0.25, -0.2) is 0 Å². The van der Waals surface area contributed by atoms with E-state index in [1.54, 1.807) is 11.3 Å². The predicted molar refractivity (Wildman–Crippen MR) is 46.0 cm³/mol. The smallest absolute Gasteiger partial charge is 0.0797 e. The van der Waals surface area contributed by atoms with E-state index in [2.05, 4.69) is 11.6 Å². The minimum Gasteiger partial charge on any atom is -0.252 e. The number of thiazole rings is 1. The molecule has 0 aliphatic rings. The first-order chi connectivity index (χ1) is 4.84. The maximum absolute atomic E-state index is 3.95. The van der Waals surface area contributed by atoms with Crippen LogP contribution in [-0.2, 0) is 0 Å². The molecule has 10 heavy (non-hydrogen) atoms. The van der Waals surface area contributed by atoms with Gasteiger partial charge in [0.15, 0.2) is 0 Å². The van der Waals surface area contributed by atoms with Crippen LogP contribution in [0.1, 0.15) is 11.8 Å². The summed E-state index contributed by atoms with van der Waals surface area (Å²) in [5.41, 5.74) is 2.84. The average Bonchev–Trinajstić information content (AvgIpc) is 2.38.